The number of anilines is 1. The molecular formula is C20H17BrFN5OS2. The Labute approximate surface area is 189 Å². The lowest BCUT2D eigenvalue weighted by atomic mass is 9.75. The van der Waals surface area contributed by atoms with Crippen LogP contribution in [0.3, 0.4) is 0 Å². The summed E-state index contributed by atoms with van der Waals surface area (Å²) in [5, 5.41) is 18.9. The van der Waals surface area contributed by atoms with Crippen LogP contribution in [0.5, 0.6) is 0 Å². The van der Waals surface area contributed by atoms with E-state index < -0.39 is 11.7 Å². The molecule has 2 N–H and O–H groups in total. The molecule has 0 saturated carbocycles. The molecular weight excluding hydrogens is 489 g/mol. The zero-order valence-corrected chi connectivity index (χ0v) is 19.2. The predicted octanol–water partition coefficient (Wildman–Crippen LogP) is 4.86. The number of hydrogen-bond acceptors (Lipinski definition) is 8. The van der Waals surface area contributed by atoms with Gasteiger partial charge in [0.05, 0.1) is 17.6 Å². The van der Waals surface area contributed by atoms with Crippen molar-refractivity contribution in [3.05, 3.63) is 56.7 Å². The van der Waals surface area contributed by atoms with Gasteiger partial charge in [0.2, 0.25) is 5.13 Å². The summed E-state index contributed by atoms with van der Waals surface area (Å²) in [5.41, 5.74) is 7.96. The third kappa shape index (κ3) is 3.55. The van der Waals surface area contributed by atoms with Gasteiger partial charge in [-0.15, -0.1) is 10.2 Å². The minimum Gasteiger partial charge on any atom is -0.384 e. The second kappa shape index (κ2) is 8.49. The highest BCUT2D eigenvalue weighted by molar-refractivity contribution is 9.10. The second-order valence-corrected chi connectivity index (χ2v) is 10.1. The molecule has 1 aliphatic carbocycles. The number of halogens is 2. The van der Waals surface area contributed by atoms with Gasteiger partial charge >= 0.3 is 0 Å². The van der Waals surface area contributed by atoms with E-state index in [0.29, 0.717) is 40.1 Å². The van der Waals surface area contributed by atoms with Crippen molar-refractivity contribution in [1.82, 2.24) is 10.2 Å². The van der Waals surface area contributed by atoms with Crippen molar-refractivity contribution in [2.24, 2.45) is 5.73 Å². The Hall–Kier alpha value is -2.22. The summed E-state index contributed by atoms with van der Waals surface area (Å²) in [6.07, 6.45) is 1.60. The zero-order valence-electron chi connectivity index (χ0n) is 16.0. The average molecular weight is 506 g/mol. The summed E-state index contributed by atoms with van der Waals surface area (Å²) in [7, 11) is 0. The van der Waals surface area contributed by atoms with Gasteiger partial charge in [0, 0.05) is 27.7 Å². The van der Waals surface area contributed by atoms with Crippen molar-refractivity contribution in [2.75, 3.05) is 10.7 Å². The smallest absolute Gasteiger partial charge is 0.219 e. The number of hydrogen-bond donors (Lipinski definition) is 1. The summed E-state index contributed by atoms with van der Waals surface area (Å²) in [6, 6.07) is 6.75. The maximum atomic E-state index is 14.9. The minimum absolute atomic E-state index is 0.0958. The number of benzene rings is 1. The fourth-order valence-electron chi connectivity index (χ4n) is 3.83. The molecule has 1 unspecified atom stereocenters. The van der Waals surface area contributed by atoms with Crippen LogP contribution in [0, 0.1) is 17.1 Å². The Balaban J connectivity index is 1.93. The highest BCUT2D eigenvalue weighted by Crippen LogP contribution is 2.47. The molecule has 2 aliphatic rings. The number of nitrogens with two attached hydrogens (primary N) is 1. The third-order valence-electron chi connectivity index (χ3n) is 5.04. The first-order chi connectivity index (χ1) is 14.5. The van der Waals surface area contributed by atoms with Gasteiger partial charge in [0.25, 0.3) is 0 Å². The van der Waals surface area contributed by atoms with E-state index in [1.54, 1.807) is 28.8 Å². The molecule has 6 nitrogen and oxygen atoms in total. The Morgan fingerprint density at radius 2 is 2.23 bits per heavy atom. The van der Waals surface area contributed by atoms with Crippen LogP contribution in [-0.4, -0.2) is 21.7 Å². The Kier molecular flexibility index (Phi) is 5.95. The predicted molar refractivity (Wildman–Crippen MR) is 118 cm³/mol. The van der Waals surface area contributed by atoms with Gasteiger partial charge in [-0.2, -0.15) is 5.26 Å². The van der Waals surface area contributed by atoms with E-state index >= 15 is 0 Å². The SMILES string of the molecule is CCSc1nnc(N2C(N)=C(C#N)C(c3ccc(Br)cc3F)C3=C2CCCC3=O)s1. The molecule has 10 heteroatoms. The molecule has 0 bridgehead atoms. The summed E-state index contributed by atoms with van der Waals surface area (Å²) >= 11 is 6.17. The van der Waals surface area contributed by atoms with Gasteiger partial charge in [-0.05, 0) is 30.7 Å². The van der Waals surface area contributed by atoms with Crippen LogP contribution in [0.25, 0.3) is 0 Å². The molecule has 2 heterocycles. The lowest BCUT2D eigenvalue weighted by molar-refractivity contribution is -0.116. The van der Waals surface area contributed by atoms with Gasteiger partial charge in [0.1, 0.15) is 11.6 Å². The molecule has 1 atom stereocenters. The first kappa shape index (κ1) is 21.0. The molecule has 1 aliphatic heterocycles. The van der Waals surface area contributed by atoms with Gasteiger partial charge in [0.15, 0.2) is 10.1 Å². The molecule has 0 radical (unpaired) electrons. The van der Waals surface area contributed by atoms with E-state index in [2.05, 4.69) is 32.2 Å². The second-order valence-electron chi connectivity index (χ2n) is 6.77. The number of thioether (sulfide) groups is 1. The van der Waals surface area contributed by atoms with Crippen molar-refractivity contribution in [2.45, 2.75) is 36.4 Å². The van der Waals surface area contributed by atoms with Crippen LogP contribution in [-0.2, 0) is 4.79 Å². The summed E-state index contributed by atoms with van der Waals surface area (Å²) < 4.78 is 16.3. The number of carbonyl (C=O) groups is 1. The first-order valence-electron chi connectivity index (χ1n) is 9.33. The number of carbonyl (C=O) groups excluding carboxylic acids is 1. The Bertz CT molecular complexity index is 1140. The van der Waals surface area contributed by atoms with E-state index in [1.165, 1.54) is 17.4 Å². The van der Waals surface area contributed by atoms with Crippen molar-refractivity contribution < 1.29 is 9.18 Å². The molecule has 1 aromatic heterocycles. The number of ketones is 1. The van der Waals surface area contributed by atoms with E-state index in [4.69, 9.17) is 5.73 Å². The monoisotopic (exact) mass is 505 g/mol. The van der Waals surface area contributed by atoms with Crippen LogP contribution in [0.1, 0.15) is 37.7 Å². The van der Waals surface area contributed by atoms with E-state index in [9.17, 15) is 14.4 Å². The van der Waals surface area contributed by atoms with Gasteiger partial charge in [-0.25, -0.2) is 4.39 Å². The summed E-state index contributed by atoms with van der Waals surface area (Å²) in [5.74, 6) is -0.407. The van der Waals surface area contributed by atoms with Crippen molar-refractivity contribution in [1.29, 1.82) is 5.26 Å². The van der Waals surface area contributed by atoms with Crippen molar-refractivity contribution in [3.63, 3.8) is 0 Å². The largest absolute Gasteiger partial charge is 0.384 e. The molecule has 2 aromatic rings. The van der Waals surface area contributed by atoms with Gasteiger partial charge in [-0.3, -0.25) is 9.69 Å². The van der Waals surface area contributed by atoms with Crippen LogP contribution in [0.15, 0.2) is 49.7 Å². The standard InChI is InChI=1S/C20H17BrFN5OS2/c1-2-29-20-26-25-19(30-20)27-14-4-3-5-15(28)17(14)16(12(9-23)18(27)24)11-7-6-10(21)8-13(11)22/h6-8,16H,2-5,24H2,1H3. The topological polar surface area (TPSA) is 95.9 Å². The number of allylic oxidation sites excluding steroid dienone is 3. The van der Waals surface area contributed by atoms with Gasteiger partial charge < -0.3 is 5.73 Å². The van der Waals surface area contributed by atoms with E-state index in [-0.39, 0.29) is 22.7 Å². The Morgan fingerprint density at radius 1 is 1.43 bits per heavy atom. The molecule has 0 spiro atoms. The number of nitriles is 1. The molecule has 4 rings (SSSR count). The maximum absolute atomic E-state index is 14.9. The number of aromatic nitrogens is 2. The van der Waals surface area contributed by atoms with Crippen molar-refractivity contribution >= 4 is 49.9 Å². The average Bonchev–Trinajstić information content (AvgIpc) is 3.16. The number of Topliss-reactive ketones (excluding diaryl/α,β-unsaturated/α-hetero) is 1. The molecule has 30 heavy (non-hydrogen) atoms. The van der Waals surface area contributed by atoms with Crippen molar-refractivity contribution in [3.8, 4) is 6.07 Å². The van der Waals surface area contributed by atoms with Crippen LogP contribution in [0.2, 0.25) is 0 Å². The van der Waals surface area contributed by atoms with Gasteiger partial charge in [-0.1, -0.05) is 52.0 Å². The quantitative estimate of drug-likeness (QED) is 0.592. The zero-order chi connectivity index (χ0) is 21.4. The molecule has 1 aromatic carbocycles. The summed E-state index contributed by atoms with van der Waals surface area (Å²) in [4.78, 5) is 14.7. The van der Waals surface area contributed by atoms with Crippen LogP contribution in [0.4, 0.5) is 9.52 Å². The molecule has 0 fully saturated rings. The van der Waals surface area contributed by atoms with Crippen LogP contribution < -0.4 is 10.6 Å². The fraction of sp³-hybridized carbons (Fsp3) is 0.300. The fourth-order valence-corrected chi connectivity index (χ4v) is 5.94. The third-order valence-corrected chi connectivity index (χ3v) is 7.46. The Morgan fingerprint density at radius 3 is 2.93 bits per heavy atom. The molecule has 0 amide bonds. The lowest BCUT2D eigenvalue weighted by Gasteiger charge is -2.38. The summed E-state index contributed by atoms with van der Waals surface area (Å²) in [6.45, 7) is 2.02. The number of nitrogens with zero attached hydrogens (tertiary/aromatic N) is 4. The molecule has 154 valence electrons. The normalized spacial score (nSPS) is 19.2. The minimum atomic E-state index is -0.834. The lowest BCUT2D eigenvalue weighted by Crippen LogP contribution is -2.38. The first-order valence-corrected chi connectivity index (χ1v) is 11.9. The number of rotatable bonds is 4. The highest BCUT2D eigenvalue weighted by Gasteiger charge is 2.42. The molecule has 0 saturated heterocycles. The van der Waals surface area contributed by atoms with Crippen LogP contribution >= 0.6 is 39.0 Å². The van der Waals surface area contributed by atoms with E-state index in [1.807, 2.05) is 6.92 Å². The maximum Gasteiger partial charge on any atom is 0.219 e. The van der Waals surface area contributed by atoms with E-state index in [0.717, 1.165) is 10.1 Å². The highest BCUT2D eigenvalue weighted by atomic mass is 79.9.